The first-order chi connectivity index (χ1) is 5.52. The number of carboxylic acids is 1. The highest BCUT2D eigenvalue weighted by molar-refractivity contribution is 5.92. The summed E-state index contributed by atoms with van der Waals surface area (Å²) in [6.07, 6.45) is 0.263. The van der Waals surface area contributed by atoms with Crippen molar-refractivity contribution < 1.29 is 14.7 Å². The normalized spacial score (nSPS) is 23.8. The number of rotatable bonds is 1. The molecule has 0 aromatic rings. The van der Waals surface area contributed by atoms with Crippen LogP contribution in [0.4, 0.5) is 0 Å². The molecule has 4 heteroatoms. The number of amides is 1. The quantitative estimate of drug-likeness (QED) is 0.600. The predicted octanol–water partition coefficient (Wildman–Crippen LogP) is 0.501. The molecule has 66 valence electrons. The van der Waals surface area contributed by atoms with Gasteiger partial charge in [0, 0.05) is 12.1 Å². The van der Waals surface area contributed by atoms with Crippen molar-refractivity contribution in [3.05, 3.63) is 11.3 Å². The Kier molecular flexibility index (Phi) is 2.17. The molecule has 2 N–H and O–H groups in total. The Labute approximate surface area is 70.3 Å². The number of allylic oxidation sites excluding steroid dienone is 1. The van der Waals surface area contributed by atoms with Crippen LogP contribution < -0.4 is 5.32 Å². The minimum absolute atomic E-state index is 0.106. The maximum Gasteiger partial charge on any atom is 0.333 e. The molecule has 0 bridgehead atoms. The number of hydrogen-bond acceptors (Lipinski definition) is 2. The zero-order valence-electron chi connectivity index (χ0n) is 7.05. The molecule has 1 atom stereocenters. The maximum absolute atomic E-state index is 10.9. The van der Waals surface area contributed by atoms with E-state index in [1.807, 2.05) is 0 Å². The highest BCUT2D eigenvalue weighted by atomic mass is 16.4. The summed E-state index contributed by atoms with van der Waals surface area (Å²) in [5.41, 5.74) is 0.779. The van der Waals surface area contributed by atoms with E-state index in [4.69, 9.17) is 5.11 Å². The van der Waals surface area contributed by atoms with Crippen LogP contribution in [0.15, 0.2) is 11.3 Å². The molecule has 1 aliphatic heterocycles. The third kappa shape index (κ3) is 1.47. The Morgan fingerprint density at radius 3 is 2.67 bits per heavy atom. The Morgan fingerprint density at radius 1 is 1.67 bits per heavy atom. The first kappa shape index (κ1) is 8.77. The molecule has 4 nitrogen and oxygen atoms in total. The van der Waals surface area contributed by atoms with Gasteiger partial charge in [0.1, 0.15) is 0 Å². The van der Waals surface area contributed by atoms with E-state index in [1.165, 1.54) is 0 Å². The van der Waals surface area contributed by atoms with E-state index in [-0.39, 0.29) is 18.2 Å². The van der Waals surface area contributed by atoms with Gasteiger partial charge in [-0.1, -0.05) is 6.92 Å². The van der Waals surface area contributed by atoms with Gasteiger partial charge in [0.05, 0.1) is 5.57 Å². The van der Waals surface area contributed by atoms with Gasteiger partial charge in [-0.25, -0.2) is 4.79 Å². The summed E-state index contributed by atoms with van der Waals surface area (Å²) in [6.45, 7) is 3.35. The molecule has 0 unspecified atom stereocenters. The smallest absolute Gasteiger partial charge is 0.333 e. The molecule has 1 heterocycles. The van der Waals surface area contributed by atoms with Gasteiger partial charge in [-0.2, -0.15) is 0 Å². The first-order valence-corrected chi connectivity index (χ1v) is 3.76. The summed E-state index contributed by atoms with van der Waals surface area (Å²) < 4.78 is 0. The van der Waals surface area contributed by atoms with Crippen LogP contribution in [0.25, 0.3) is 0 Å². The van der Waals surface area contributed by atoms with Crippen LogP contribution >= 0.6 is 0 Å². The van der Waals surface area contributed by atoms with E-state index in [1.54, 1.807) is 13.8 Å². The fraction of sp³-hybridized carbons (Fsp3) is 0.500. The van der Waals surface area contributed by atoms with Crippen molar-refractivity contribution in [2.75, 3.05) is 0 Å². The van der Waals surface area contributed by atoms with E-state index in [0.717, 1.165) is 0 Å². The predicted molar refractivity (Wildman–Crippen MR) is 42.3 cm³/mol. The molecule has 1 amide bonds. The zero-order chi connectivity index (χ0) is 9.30. The van der Waals surface area contributed by atoms with Crippen molar-refractivity contribution >= 4 is 11.9 Å². The summed E-state index contributed by atoms with van der Waals surface area (Å²) in [5.74, 6) is -1.23. The fourth-order valence-corrected chi connectivity index (χ4v) is 1.45. The van der Waals surface area contributed by atoms with Crippen molar-refractivity contribution in [1.29, 1.82) is 0 Å². The second-order valence-corrected chi connectivity index (χ2v) is 3.00. The number of hydrogen-bond donors (Lipinski definition) is 2. The minimum atomic E-state index is -0.944. The maximum atomic E-state index is 10.9. The van der Waals surface area contributed by atoms with Crippen LogP contribution in [-0.2, 0) is 9.59 Å². The zero-order valence-corrected chi connectivity index (χ0v) is 7.05. The van der Waals surface area contributed by atoms with E-state index < -0.39 is 5.97 Å². The summed E-state index contributed by atoms with van der Waals surface area (Å²) in [4.78, 5) is 21.6. The lowest BCUT2D eigenvalue weighted by Crippen LogP contribution is -2.33. The molecule has 0 aliphatic carbocycles. The molecular formula is C8H11NO3. The van der Waals surface area contributed by atoms with Crippen LogP contribution in [0.2, 0.25) is 0 Å². The van der Waals surface area contributed by atoms with Crippen molar-refractivity contribution in [1.82, 2.24) is 5.32 Å². The van der Waals surface area contributed by atoms with Gasteiger partial charge in [-0.05, 0) is 12.8 Å². The lowest BCUT2D eigenvalue weighted by molar-refractivity contribution is -0.133. The highest BCUT2D eigenvalue weighted by Gasteiger charge is 2.26. The summed E-state index contributed by atoms with van der Waals surface area (Å²) in [5, 5.41) is 11.3. The van der Waals surface area contributed by atoms with E-state index in [2.05, 4.69) is 5.32 Å². The standard InChI is InChI=1S/C8H11NO3/c1-4-3-6(10)9-5(2)7(4)8(11)12/h4H,3H2,1-2H3,(H,9,10)(H,11,12)/t4-/m1/s1. The molecule has 0 saturated carbocycles. The Bertz CT molecular complexity index is 267. The summed E-state index contributed by atoms with van der Waals surface area (Å²) >= 11 is 0. The Morgan fingerprint density at radius 2 is 2.25 bits per heavy atom. The number of carboxylic acid groups (broad SMARTS) is 1. The number of carbonyl (C=O) groups is 2. The molecule has 0 radical (unpaired) electrons. The van der Waals surface area contributed by atoms with Crippen LogP contribution in [0.5, 0.6) is 0 Å². The van der Waals surface area contributed by atoms with Crippen LogP contribution in [0, 0.1) is 5.92 Å². The molecule has 0 saturated heterocycles. The van der Waals surface area contributed by atoms with Gasteiger partial charge < -0.3 is 10.4 Å². The first-order valence-electron chi connectivity index (χ1n) is 3.76. The second kappa shape index (κ2) is 2.97. The van der Waals surface area contributed by atoms with E-state index >= 15 is 0 Å². The number of nitrogens with one attached hydrogen (secondary N) is 1. The summed E-state index contributed by atoms with van der Waals surface area (Å²) in [7, 11) is 0. The largest absolute Gasteiger partial charge is 0.478 e. The molecule has 0 aromatic carbocycles. The third-order valence-electron chi connectivity index (χ3n) is 1.95. The average molecular weight is 169 g/mol. The molecule has 0 aromatic heterocycles. The van der Waals surface area contributed by atoms with Crippen molar-refractivity contribution in [3.63, 3.8) is 0 Å². The molecule has 1 aliphatic rings. The van der Waals surface area contributed by atoms with Crippen LogP contribution in [0.3, 0.4) is 0 Å². The van der Waals surface area contributed by atoms with Crippen LogP contribution in [-0.4, -0.2) is 17.0 Å². The molecule has 0 spiro atoms. The number of carbonyl (C=O) groups excluding carboxylic acids is 1. The van der Waals surface area contributed by atoms with Gasteiger partial charge in [-0.3, -0.25) is 4.79 Å². The Hall–Kier alpha value is -1.32. The molecular weight excluding hydrogens is 158 g/mol. The molecule has 0 fully saturated rings. The van der Waals surface area contributed by atoms with Gasteiger partial charge in [0.25, 0.3) is 0 Å². The third-order valence-corrected chi connectivity index (χ3v) is 1.95. The van der Waals surface area contributed by atoms with Crippen molar-refractivity contribution in [2.45, 2.75) is 20.3 Å². The lowest BCUT2D eigenvalue weighted by Gasteiger charge is -2.21. The fourth-order valence-electron chi connectivity index (χ4n) is 1.45. The highest BCUT2D eigenvalue weighted by Crippen LogP contribution is 2.21. The van der Waals surface area contributed by atoms with Gasteiger partial charge in [0.15, 0.2) is 0 Å². The average Bonchev–Trinajstić information content (AvgIpc) is 1.82. The van der Waals surface area contributed by atoms with Crippen molar-refractivity contribution in [2.24, 2.45) is 5.92 Å². The van der Waals surface area contributed by atoms with Crippen LogP contribution in [0.1, 0.15) is 20.3 Å². The van der Waals surface area contributed by atoms with Gasteiger partial charge >= 0.3 is 5.97 Å². The number of aliphatic carboxylic acids is 1. The topological polar surface area (TPSA) is 66.4 Å². The van der Waals surface area contributed by atoms with Gasteiger partial charge in [-0.15, -0.1) is 0 Å². The minimum Gasteiger partial charge on any atom is -0.478 e. The lowest BCUT2D eigenvalue weighted by atomic mass is 9.92. The second-order valence-electron chi connectivity index (χ2n) is 3.00. The Balaban J connectivity index is 3.01. The van der Waals surface area contributed by atoms with Gasteiger partial charge in [0.2, 0.25) is 5.91 Å². The van der Waals surface area contributed by atoms with E-state index in [0.29, 0.717) is 11.3 Å². The van der Waals surface area contributed by atoms with Crippen molar-refractivity contribution in [3.8, 4) is 0 Å². The monoisotopic (exact) mass is 169 g/mol. The van der Waals surface area contributed by atoms with E-state index in [9.17, 15) is 9.59 Å². The molecule has 1 rings (SSSR count). The summed E-state index contributed by atoms with van der Waals surface area (Å²) in [6, 6.07) is 0. The molecule has 12 heavy (non-hydrogen) atoms. The SMILES string of the molecule is CC1=C(C(=O)O)[C@H](C)CC(=O)N1.